The number of thiophene rings is 1. The van der Waals surface area contributed by atoms with E-state index in [1.165, 1.54) is 17.7 Å². The summed E-state index contributed by atoms with van der Waals surface area (Å²) in [6.07, 6.45) is 4.16. The number of rotatable bonds is 2. The fourth-order valence-electron chi connectivity index (χ4n) is 2.45. The van der Waals surface area contributed by atoms with E-state index in [-0.39, 0.29) is 11.9 Å². The average molecular weight is 234 g/mol. The molecular formula is C12H14N2OS. The van der Waals surface area contributed by atoms with Crippen molar-refractivity contribution in [1.82, 2.24) is 4.90 Å². The van der Waals surface area contributed by atoms with Crippen LogP contribution in [0.5, 0.6) is 0 Å². The lowest BCUT2D eigenvalue weighted by molar-refractivity contribution is -0.120. The minimum Gasteiger partial charge on any atom is -0.347 e. The number of fused-ring (bicyclic) bond motifs is 1. The fraction of sp³-hybridized carbons (Fsp3) is 0.500. The van der Waals surface area contributed by atoms with Crippen molar-refractivity contribution in [3.8, 4) is 0 Å². The summed E-state index contributed by atoms with van der Waals surface area (Å²) in [4.78, 5) is 19.5. The molecule has 1 aromatic rings. The molecule has 16 heavy (non-hydrogen) atoms. The van der Waals surface area contributed by atoms with Crippen LogP contribution in [0.3, 0.4) is 0 Å². The van der Waals surface area contributed by atoms with Crippen molar-refractivity contribution < 1.29 is 4.79 Å². The summed E-state index contributed by atoms with van der Waals surface area (Å²) in [7, 11) is 0. The van der Waals surface area contributed by atoms with Gasteiger partial charge in [0.2, 0.25) is 0 Å². The molecule has 3 rings (SSSR count). The molecule has 0 aromatic carbocycles. The molecule has 3 heterocycles. The Balaban J connectivity index is 1.78. The molecule has 1 unspecified atom stereocenters. The molecule has 1 amide bonds. The van der Waals surface area contributed by atoms with E-state index in [0.29, 0.717) is 0 Å². The smallest absolute Gasteiger partial charge is 0.270 e. The first-order chi connectivity index (χ1) is 7.84. The highest BCUT2D eigenvalue weighted by Crippen LogP contribution is 2.25. The lowest BCUT2D eigenvalue weighted by Gasteiger charge is -2.29. The van der Waals surface area contributed by atoms with Gasteiger partial charge in [0.05, 0.1) is 0 Å². The first kappa shape index (κ1) is 10.0. The molecule has 84 valence electrons. The Hall–Kier alpha value is -1.16. The molecule has 0 spiro atoms. The predicted octanol–water partition coefficient (Wildman–Crippen LogP) is 2.08. The highest BCUT2D eigenvalue weighted by molar-refractivity contribution is 7.09. The van der Waals surface area contributed by atoms with E-state index in [1.807, 2.05) is 6.07 Å². The van der Waals surface area contributed by atoms with Crippen LogP contribution in [-0.4, -0.2) is 29.2 Å². The van der Waals surface area contributed by atoms with Crippen molar-refractivity contribution in [3.63, 3.8) is 0 Å². The van der Waals surface area contributed by atoms with Gasteiger partial charge < -0.3 is 4.90 Å². The number of hydrogen-bond donors (Lipinski definition) is 0. The molecule has 0 aliphatic carbocycles. The maximum Gasteiger partial charge on any atom is 0.270 e. The second-order valence-electron chi connectivity index (χ2n) is 4.32. The van der Waals surface area contributed by atoms with Gasteiger partial charge in [-0.2, -0.15) is 4.99 Å². The van der Waals surface area contributed by atoms with Gasteiger partial charge in [0, 0.05) is 24.3 Å². The van der Waals surface area contributed by atoms with Crippen LogP contribution in [0.25, 0.3) is 0 Å². The zero-order valence-corrected chi connectivity index (χ0v) is 9.87. The third-order valence-corrected chi connectivity index (χ3v) is 4.15. The van der Waals surface area contributed by atoms with Gasteiger partial charge in [-0.3, -0.25) is 4.79 Å². The van der Waals surface area contributed by atoms with Crippen molar-refractivity contribution in [3.05, 3.63) is 22.4 Å². The number of amides is 1. The molecule has 1 atom stereocenters. The van der Waals surface area contributed by atoms with E-state index in [2.05, 4.69) is 21.3 Å². The monoisotopic (exact) mass is 234 g/mol. The highest BCUT2D eigenvalue weighted by Gasteiger charge is 2.35. The van der Waals surface area contributed by atoms with Gasteiger partial charge in [-0.25, -0.2) is 0 Å². The third-order valence-electron chi connectivity index (χ3n) is 3.26. The molecule has 2 aliphatic rings. The molecule has 0 N–H and O–H groups in total. The second-order valence-corrected chi connectivity index (χ2v) is 5.35. The summed E-state index contributed by atoms with van der Waals surface area (Å²) >= 11 is 1.72. The zero-order chi connectivity index (χ0) is 11.0. The van der Waals surface area contributed by atoms with Crippen LogP contribution in [0.15, 0.2) is 22.5 Å². The first-order valence-corrected chi connectivity index (χ1v) is 6.63. The van der Waals surface area contributed by atoms with Crippen molar-refractivity contribution >= 4 is 23.1 Å². The lowest BCUT2D eigenvalue weighted by atomic mass is 10.1. The summed E-state index contributed by atoms with van der Waals surface area (Å²) in [6, 6.07) is 4.12. The number of piperidine rings is 1. The third kappa shape index (κ3) is 1.67. The Labute approximate surface area is 98.8 Å². The van der Waals surface area contributed by atoms with Crippen LogP contribution in [0.4, 0.5) is 0 Å². The van der Waals surface area contributed by atoms with Gasteiger partial charge in [-0.1, -0.05) is 6.07 Å². The molecule has 2 aliphatic heterocycles. The number of carbonyl (C=O) groups is 1. The zero-order valence-electron chi connectivity index (χ0n) is 9.06. The Bertz CT molecular complexity index is 424. The van der Waals surface area contributed by atoms with E-state index < -0.39 is 0 Å². The Morgan fingerprint density at radius 2 is 2.44 bits per heavy atom. The van der Waals surface area contributed by atoms with Crippen LogP contribution in [0.1, 0.15) is 24.1 Å². The SMILES string of the molecule is O=C1N=C2CCCCN2C1Cc1cccs1. The van der Waals surface area contributed by atoms with Crippen LogP contribution in [-0.2, 0) is 11.2 Å². The summed E-state index contributed by atoms with van der Waals surface area (Å²) < 4.78 is 0. The highest BCUT2D eigenvalue weighted by atomic mass is 32.1. The maximum absolute atomic E-state index is 11.8. The maximum atomic E-state index is 11.8. The first-order valence-electron chi connectivity index (χ1n) is 5.75. The summed E-state index contributed by atoms with van der Waals surface area (Å²) in [5, 5.41) is 2.06. The fourth-order valence-corrected chi connectivity index (χ4v) is 3.19. The normalized spacial score (nSPS) is 24.5. The number of amidine groups is 1. The average Bonchev–Trinajstić information content (AvgIpc) is 2.89. The molecule has 1 saturated heterocycles. The Morgan fingerprint density at radius 3 is 3.25 bits per heavy atom. The topological polar surface area (TPSA) is 32.7 Å². The van der Waals surface area contributed by atoms with Gasteiger partial charge in [0.25, 0.3) is 5.91 Å². The van der Waals surface area contributed by atoms with Crippen molar-refractivity contribution in [2.75, 3.05) is 6.54 Å². The number of carbonyl (C=O) groups excluding carboxylic acids is 1. The standard InChI is InChI=1S/C12H14N2OS/c15-12-10(8-9-4-3-7-16-9)14-6-2-1-5-11(14)13-12/h3-4,7,10H,1-2,5-6,8H2. The van der Waals surface area contributed by atoms with Gasteiger partial charge in [-0.15, -0.1) is 11.3 Å². The number of nitrogens with zero attached hydrogens (tertiary/aromatic N) is 2. The minimum atomic E-state index is -0.0195. The molecular weight excluding hydrogens is 220 g/mol. The van der Waals surface area contributed by atoms with Crippen molar-refractivity contribution in [2.24, 2.45) is 4.99 Å². The summed E-state index contributed by atoms with van der Waals surface area (Å²) in [6.45, 7) is 1.00. The van der Waals surface area contributed by atoms with Crippen LogP contribution in [0, 0.1) is 0 Å². The predicted molar refractivity (Wildman–Crippen MR) is 64.8 cm³/mol. The lowest BCUT2D eigenvalue weighted by Crippen LogP contribution is -2.42. The van der Waals surface area contributed by atoms with Gasteiger partial charge in [0.15, 0.2) is 0 Å². The van der Waals surface area contributed by atoms with Crippen molar-refractivity contribution in [1.29, 1.82) is 0 Å². The largest absolute Gasteiger partial charge is 0.347 e. The summed E-state index contributed by atoms with van der Waals surface area (Å²) in [5.41, 5.74) is 0. The molecule has 4 heteroatoms. The molecule has 3 nitrogen and oxygen atoms in total. The quantitative estimate of drug-likeness (QED) is 0.785. The Morgan fingerprint density at radius 1 is 1.50 bits per heavy atom. The molecule has 0 bridgehead atoms. The molecule has 0 radical (unpaired) electrons. The molecule has 0 saturated carbocycles. The van der Waals surface area contributed by atoms with Crippen LogP contribution in [0.2, 0.25) is 0 Å². The van der Waals surface area contributed by atoms with E-state index >= 15 is 0 Å². The number of hydrogen-bond acceptors (Lipinski definition) is 3. The second kappa shape index (κ2) is 4.01. The van der Waals surface area contributed by atoms with E-state index in [9.17, 15) is 4.79 Å². The van der Waals surface area contributed by atoms with Crippen LogP contribution >= 0.6 is 11.3 Å². The van der Waals surface area contributed by atoms with Crippen molar-refractivity contribution in [2.45, 2.75) is 31.7 Å². The van der Waals surface area contributed by atoms with Crippen LogP contribution < -0.4 is 0 Å². The van der Waals surface area contributed by atoms with E-state index in [4.69, 9.17) is 0 Å². The van der Waals surface area contributed by atoms with E-state index in [0.717, 1.165) is 25.2 Å². The molecule has 1 aromatic heterocycles. The van der Waals surface area contributed by atoms with E-state index in [1.54, 1.807) is 11.3 Å². The molecule has 1 fully saturated rings. The number of aliphatic imine (C=N–C) groups is 1. The van der Waals surface area contributed by atoms with Gasteiger partial charge in [-0.05, 0) is 24.3 Å². The summed E-state index contributed by atoms with van der Waals surface area (Å²) in [5.74, 6) is 1.09. The van der Waals surface area contributed by atoms with Gasteiger partial charge >= 0.3 is 0 Å². The minimum absolute atomic E-state index is 0.0195. The Kier molecular flexibility index (Phi) is 2.52. The van der Waals surface area contributed by atoms with Gasteiger partial charge in [0.1, 0.15) is 11.9 Å².